The van der Waals surface area contributed by atoms with E-state index >= 15 is 0 Å². The number of benzene rings is 1. The third-order valence-electron chi connectivity index (χ3n) is 2.18. The summed E-state index contributed by atoms with van der Waals surface area (Å²) in [4.78, 5) is 0. The number of hydrogen-bond donors (Lipinski definition) is 2. The largest absolute Gasteiger partial charge is 0.383 e. The topological polar surface area (TPSA) is 45.6 Å². The minimum Gasteiger partial charge on any atom is -0.383 e. The summed E-state index contributed by atoms with van der Waals surface area (Å²) in [7, 11) is 1.64. The molecule has 0 aromatic heterocycles. The van der Waals surface area contributed by atoms with Crippen LogP contribution in [0.15, 0.2) is 29.4 Å². The molecule has 0 aliphatic carbocycles. The normalized spacial score (nSPS) is 11.2. The summed E-state index contributed by atoms with van der Waals surface area (Å²) >= 11 is 10.9. The fourth-order valence-corrected chi connectivity index (χ4v) is 1.47. The molecule has 0 saturated carbocycles. The van der Waals surface area contributed by atoms with Crippen LogP contribution in [0.5, 0.6) is 0 Å². The van der Waals surface area contributed by atoms with Crippen LogP contribution >= 0.6 is 23.8 Å². The maximum atomic E-state index is 5.82. The fraction of sp³-hybridized carbons (Fsp3) is 0.333. The van der Waals surface area contributed by atoms with Crippen LogP contribution in [-0.4, -0.2) is 31.1 Å². The summed E-state index contributed by atoms with van der Waals surface area (Å²) in [6.45, 7) is 3.15. The molecule has 1 rings (SSSR count). The first-order chi connectivity index (χ1) is 8.63. The summed E-state index contributed by atoms with van der Waals surface area (Å²) in [6.07, 6.45) is 0. The van der Waals surface area contributed by atoms with Crippen molar-refractivity contribution in [3.05, 3.63) is 34.9 Å². The smallest absolute Gasteiger partial charge is 0.187 e. The molecule has 0 fully saturated rings. The number of ether oxygens (including phenoxy) is 1. The lowest BCUT2D eigenvalue weighted by molar-refractivity contribution is 0.204. The van der Waals surface area contributed by atoms with Crippen LogP contribution in [0, 0.1) is 0 Å². The average Bonchev–Trinajstić information content (AvgIpc) is 2.37. The first-order valence-corrected chi connectivity index (χ1v) is 6.25. The predicted molar refractivity (Wildman–Crippen MR) is 79.3 cm³/mol. The highest BCUT2D eigenvalue weighted by atomic mass is 35.5. The summed E-state index contributed by atoms with van der Waals surface area (Å²) < 4.78 is 4.90. The Bertz CT molecular complexity index is 420. The van der Waals surface area contributed by atoms with Crippen molar-refractivity contribution in [3.63, 3.8) is 0 Å². The molecule has 0 aliphatic rings. The molecular formula is C12H16ClN3OS. The summed E-state index contributed by atoms with van der Waals surface area (Å²) in [6, 6.07) is 7.46. The zero-order valence-corrected chi connectivity index (χ0v) is 11.9. The van der Waals surface area contributed by atoms with Gasteiger partial charge in [-0.05, 0) is 36.8 Å². The van der Waals surface area contributed by atoms with E-state index in [9.17, 15) is 0 Å². The van der Waals surface area contributed by atoms with Crippen LogP contribution in [0.4, 0.5) is 0 Å². The van der Waals surface area contributed by atoms with Gasteiger partial charge in [0.1, 0.15) is 0 Å². The highest BCUT2D eigenvalue weighted by Gasteiger charge is 1.98. The van der Waals surface area contributed by atoms with Crippen molar-refractivity contribution >= 4 is 34.6 Å². The Hall–Kier alpha value is -1.17. The van der Waals surface area contributed by atoms with E-state index in [1.807, 2.05) is 31.2 Å². The molecule has 4 nitrogen and oxygen atoms in total. The highest BCUT2D eigenvalue weighted by molar-refractivity contribution is 7.80. The summed E-state index contributed by atoms with van der Waals surface area (Å²) in [5.41, 5.74) is 4.60. The molecule has 0 atom stereocenters. The number of hydrazone groups is 1. The van der Waals surface area contributed by atoms with E-state index in [-0.39, 0.29) is 0 Å². The van der Waals surface area contributed by atoms with Crippen molar-refractivity contribution in [3.8, 4) is 0 Å². The molecule has 0 saturated heterocycles. The minimum absolute atomic E-state index is 0.473. The van der Waals surface area contributed by atoms with Gasteiger partial charge in [-0.3, -0.25) is 5.43 Å². The Morgan fingerprint density at radius 1 is 1.39 bits per heavy atom. The molecule has 1 aromatic carbocycles. The zero-order chi connectivity index (χ0) is 13.4. The van der Waals surface area contributed by atoms with Crippen LogP contribution in [0.3, 0.4) is 0 Å². The lowest BCUT2D eigenvalue weighted by atomic mass is 10.1. The molecule has 0 heterocycles. The van der Waals surface area contributed by atoms with Gasteiger partial charge in [-0.15, -0.1) is 0 Å². The summed E-state index contributed by atoms with van der Waals surface area (Å²) in [5.74, 6) is 0. The van der Waals surface area contributed by atoms with E-state index in [1.54, 1.807) is 7.11 Å². The van der Waals surface area contributed by atoms with Crippen LogP contribution < -0.4 is 10.7 Å². The first-order valence-electron chi connectivity index (χ1n) is 5.46. The maximum absolute atomic E-state index is 5.82. The Morgan fingerprint density at radius 2 is 2.06 bits per heavy atom. The van der Waals surface area contributed by atoms with Gasteiger partial charge in [-0.25, -0.2) is 0 Å². The number of rotatable bonds is 5. The second-order valence-corrected chi connectivity index (χ2v) is 4.41. The van der Waals surface area contributed by atoms with Crippen molar-refractivity contribution in [1.82, 2.24) is 10.7 Å². The van der Waals surface area contributed by atoms with Crippen molar-refractivity contribution in [2.24, 2.45) is 5.10 Å². The SMILES string of the molecule is COCCNC(=S)N/N=C(/C)c1ccc(Cl)cc1. The molecule has 1 aromatic rings. The van der Waals surface area contributed by atoms with Gasteiger partial charge < -0.3 is 10.1 Å². The number of thiocarbonyl (C=S) groups is 1. The average molecular weight is 286 g/mol. The Balaban J connectivity index is 2.46. The van der Waals surface area contributed by atoms with Crippen molar-refractivity contribution in [2.75, 3.05) is 20.3 Å². The second-order valence-electron chi connectivity index (χ2n) is 3.56. The highest BCUT2D eigenvalue weighted by Crippen LogP contribution is 2.09. The van der Waals surface area contributed by atoms with Crippen molar-refractivity contribution in [2.45, 2.75) is 6.92 Å². The lowest BCUT2D eigenvalue weighted by Crippen LogP contribution is -2.34. The van der Waals surface area contributed by atoms with E-state index in [1.165, 1.54) is 0 Å². The van der Waals surface area contributed by atoms with Gasteiger partial charge in [0.05, 0.1) is 12.3 Å². The number of nitrogens with zero attached hydrogens (tertiary/aromatic N) is 1. The molecule has 0 aliphatic heterocycles. The predicted octanol–water partition coefficient (Wildman–Crippen LogP) is 2.17. The van der Waals surface area contributed by atoms with Crippen LogP contribution in [0.2, 0.25) is 5.02 Å². The molecule has 0 unspecified atom stereocenters. The van der Waals surface area contributed by atoms with Gasteiger partial charge in [-0.2, -0.15) is 5.10 Å². The third kappa shape index (κ3) is 5.44. The van der Waals surface area contributed by atoms with Gasteiger partial charge in [0.25, 0.3) is 0 Å². The van der Waals surface area contributed by atoms with Gasteiger partial charge in [0.15, 0.2) is 5.11 Å². The second kappa shape index (κ2) is 8.02. The first kappa shape index (κ1) is 14.9. The summed E-state index contributed by atoms with van der Waals surface area (Å²) in [5, 5.41) is 8.33. The molecule has 98 valence electrons. The molecule has 0 bridgehead atoms. The Morgan fingerprint density at radius 3 is 2.67 bits per heavy atom. The Labute approximate surface area is 117 Å². The van der Waals surface area contributed by atoms with Crippen LogP contribution in [0.25, 0.3) is 0 Å². The van der Waals surface area contributed by atoms with Crippen LogP contribution in [-0.2, 0) is 4.74 Å². The molecule has 0 spiro atoms. The van der Waals surface area contributed by atoms with Crippen molar-refractivity contribution < 1.29 is 4.74 Å². The lowest BCUT2D eigenvalue weighted by Gasteiger charge is -2.07. The third-order valence-corrected chi connectivity index (χ3v) is 2.67. The van der Waals surface area contributed by atoms with Crippen LogP contribution in [0.1, 0.15) is 12.5 Å². The number of hydrogen-bond acceptors (Lipinski definition) is 3. The number of halogens is 1. The molecule has 0 radical (unpaired) electrons. The molecular weight excluding hydrogens is 270 g/mol. The van der Waals surface area contributed by atoms with E-state index in [0.29, 0.717) is 23.3 Å². The number of nitrogens with one attached hydrogen (secondary N) is 2. The van der Waals surface area contributed by atoms with Gasteiger partial charge in [0, 0.05) is 18.7 Å². The van der Waals surface area contributed by atoms with Gasteiger partial charge in [0.2, 0.25) is 0 Å². The number of methoxy groups -OCH3 is 1. The molecule has 0 amide bonds. The quantitative estimate of drug-likeness (QED) is 0.377. The standard InChI is InChI=1S/C12H16ClN3OS/c1-9(10-3-5-11(13)6-4-10)15-16-12(18)14-7-8-17-2/h3-6H,7-8H2,1-2H3,(H2,14,16,18)/b15-9-. The molecule has 6 heteroatoms. The molecule has 2 N–H and O–H groups in total. The Kier molecular flexibility index (Phi) is 6.64. The monoisotopic (exact) mass is 285 g/mol. The zero-order valence-electron chi connectivity index (χ0n) is 10.4. The minimum atomic E-state index is 0.473. The van der Waals surface area contributed by atoms with E-state index in [4.69, 9.17) is 28.6 Å². The van der Waals surface area contributed by atoms with Gasteiger partial charge >= 0.3 is 0 Å². The fourth-order valence-electron chi connectivity index (χ4n) is 1.20. The van der Waals surface area contributed by atoms with Gasteiger partial charge in [-0.1, -0.05) is 23.7 Å². The van der Waals surface area contributed by atoms with E-state index < -0.39 is 0 Å². The van der Waals surface area contributed by atoms with E-state index in [0.717, 1.165) is 11.3 Å². The van der Waals surface area contributed by atoms with E-state index in [2.05, 4.69) is 15.8 Å². The van der Waals surface area contributed by atoms with Crippen molar-refractivity contribution in [1.29, 1.82) is 0 Å². The maximum Gasteiger partial charge on any atom is 0.187 e. The molecule has 18 heavy (non-hydrogen) atoms.